The number of hydrogen-bond acceptors (Lipinski definition) is 4. The topological polar surface area (TPSA) is 58.6 Å². The van der Waals surface area contributed by atoms with E-state index < -0.39 is 0 Å². The van der Waals surface area contributed by atoms with Gasteiger partial charge in [0.2, 0.25) is 0 Å². The molecule has 1 aromatic carbocycles. The Labute approximate surface area is 140 Å². The Balaban J connectivity index is 0.00000103. The fourth-order valence-corrected chi connectivity index (χ4v) is 2.04. The normalized spacial score (nSPS) is 12.0. The molecule has 0 aliphatic carbocycles. The van der Waals surface area contributed by atoms with Crippen LogP contribution < -0.4 is 39.0 Å². The van der Waals surface area contributed by atoms with Crippen molar-refractivity contribution in [1.82, 2.24) is 0 Å². The molecule has 0 N–H and O–H groups in total. The van der Waals surface area contributed by atoms with E-state index in [9.17, 15) is 4.79 Å². The minimum atomic E-state index is -0.242. The van der Waals surface area contributed by atoms with Crippen molar-refractivity contribution in [2.45, 2.75) is 26.7 Å². The molecule has 0 bridgehead atoms. The molecule has 0 aromatic heterocycles. The van der Waals surface area contributed by atoms with Gasteiger partial charge in [-0.3, -0.25) is 0 Å². The van der Waals surface area contributed by atoms with Crippen molar-refractivity contribution in [3.63, 3.8) is 0 Å². The molecule has 19 heavy (non-hydrogen) atoms. The van der Waals surface area contributed by atoms with Crippen molar-refractivity contribution >= 4 is 17.8 Å². The van der Waals surface area contributed by atoms with Gasteiger partial charge in [0.15, 0.2) is 0 Å². The predicted molar refractivity (Wildman–Crippen MR) is 66.8 cm³/mol. The molecule has 0 radical (unpaired) electrons. The Bertz CT molecular complexity index is 423. The molecule has 0 amide bonds. The Hall–Kier alpha value is -0.260. The predicted octanol–water partition coefficient (Wildman–Crippen LogP) is -0.999. The molecule has 0 fully saturated rings. The first kappa shape index (κ1) is 18.7. The Morgan fingerprint density at radius 1 is 1.47 bits per heavy atom. The van der Waals surface area contributed by atoms with Gasteiger partial charge < -0.3 is 14.1 Å². The maximum absolute atomic E-state index is 11.7. The fourth-order valence-electron chi connectivity index (χ4n) is 2.04. The summed E-state index contributed by atoms with van der Waals surface area (Å²) in [6.45, 7) is 4.95. The van der Waals surface area contributed by atoms with Gasteiger partial charge in [-0.1, -0.05) is 0 Å². The molecule has 1 aliphatic rings. The molecule has 100 valence electrons. The quantitative estimate of drug-likeness (QED) is 0.519. The van der Waals surface area contributed by atoms with Gasteiger partial charge in [-0.05, 0) is 49.9 Å². The average Bonchev–Trinajstić information content (AvgIpc) is 2.42. The molecular weight excluding hydrogens is 279 g/mol. The van der Waals surface area contributed by atoms with Crippen LogP contribution in [0.5, 0.6) is 5.75 Å². The summed E-state index contributed by atoms with van der Waals surface area (Å²) < 4.78 is 18.3. The van der Waals surface area contributed by atoms with E-state index >= 15 is 0 Å². The summed E-state index contributed by atoms with van der Waals surface area (Å²) in [6, 6.07) is 3.66. The van der Waals surface area contributed by atoms with Crippen LogP contribution in [0.4, 0.5) is 0 Å². The molecule has 4 nitrogen and oxygen atoms in total. The standard InChI is InChI=1S/C13H16O3.ClO.Na/c1-3-15-13(14)11-6-7-12-10(9(11)2)5-4-8-16-12;1-2;/h6-7H,3-5,8H2,1-2H3;;/q;-1;+1. The third-order valence-corrected chi connectivity index (χ3v) is 2.88. The average molecular weight is 295 g/mol. The third kappa shape index (κ3) is 4.65. The first-order valence-corrected chi connectivity index (χ1v) is 6.12. The van der Waals surface area contributed by atoms with E-state index in [0.717, 1.165) is 36.3 Å². The van der Waals surface area contributed by atoms with E-state index in [2.05, 4.69) is 11.9 Å². The third-order valence-electron chi connectivity index (χ3n) is 2.88. The number of fused-ring (bicyclic) bond motifs is 1. The van der Waals surface area contributed by atoms with Gasteiger partial charge in [-0.2, -0.15) is 0 Å². The van der Waals surface area contributed by atoms with Crippen molar-refractivity contribution in [2.24, 2.45) is 0 Å². The number of rotatable bonds is 2. The van der Waals surface area contributed by atoms with Crippen LogP contribution in [0.3, 0.4) is 0 Å². The Morgan fingerprint density at radius 2 is 2.16 bits per heavy atom. The Kier molecular flexibility index (Phi) is 9.48. The van der Waals surface area contributed by atoms with Crippen LogP contribution in [0.2, 0.25) is 0 Å². The van der Waals surface area contributed by atoms with Crippen LogP contribution >= 0.6 is 11.9 Å². The summed E-state index contributed by atoms with van der Waals surface area (Å²) in [4.78, 5) is 11.7. The summed E-state index contributed by atoms with van der Waals surface area (Å²) in [5, 5.41) is 0. The van der Waals surface area contributed by atoms with Gasteiger partial charge >= 0.3 is 35.5 Å². The molecule has 1 aliphatic heterocycles. The van der Waals surface area contributed by atoms with Crippen molar-refractivity contribution in [1.29, 1.82) is 0 Å². The molecule has 1 heterocycles. The number of esters is 1. The van der Waals surface area contributed by atoms with Crippen molar-refractivity contribution in [3.05, 3.63) is 28.8 Å². The van der Waals surface area contributed by atoms with Gasteiger partial charge in [0.25, 0.3) is 0 Å². The molecule has 0 atom stereocenters. The smallest absolute Gasteiger partial charge is 0.769 e. The van der Waals surface area contributed by atoms with Crippen molar-refractivity contribution in [3.8, 4) is 5.75 Å². The SMILES string of the molecule is CCOC(=O)c1ccc2c(c1C)CCCO2.[Na+].[O-]Cl. The zero-order valence-corrected chi connectivity index (χ0v) is 14.3. The fraction of sp³-hybridized carbons (Fsp3) is 0.462. The summed E-state index contributed by atoms with van der Waals surface area (Å²) in [5.74, 6) is 0.671. The van der Waals surface area contributed by atoms with Crippen LogP contribution in [0.25, 0.3) is 0 Å². The summed E-state index contributed by atoms with van der Waals surface area (Å²) in [6.07, 6.45) is 1.99. The molecule has 2 rings (SSSR count). The maximum Gasteiger partial charge on any atom is 1.00 e. The van der Waals surface area contributed by atoms with Gasteiger partial charge in [-0.25, -0.2) is 16.7 Å². The Morgan fingerprint density at radius 3 is 2.79 bits per heavy atom. The maximum atomic E-state index is 11.7. The van der Waals surface area contributed by atoms with Gasteiger partial charge in [-0.15, -0.1) is 0 Å². The molecule has 6 heteroatoms. The van der Waals surface area contributed by atoms with Gasteiger partial charge in [0.05, 0.1) is 18.8 Å². The first-order valence-electron chi connectivity index (χ1n) is 5.82. The molecule has 0 unspecified atom stereocenters. The molecule has 0 saturated heterocycles. The number of halogens is 1. The second-order valence-electron chi connectivity index (χ2n) is 3.89. The number of benzene rings is 1. The first-order chi connectivity index (χ1) is 8.74. The van der Waals surface area contributed by atoms with Crippen LogP contribution in [0.1, 0.15) is 34.8 Å². The zero-order valence-electron chi connectivity index (χ0n) is 11.5. The molecule has 0 spiro atoms. The van der Waals surface area contributed by atoms with Crippen molar-refractivity contribution < 1.29 is 48.5 Å². The van der Waals surface area contributed by atoms with E-state index in [4.69, 9.17) is 14.1 Å². The molecular formula is C13H16ClNaO4. The molecule has 1 aromatic rings. The molecule has 0 saturated carbocycles. The minimum absolute atomic E-state index is 0. The number of ether oxygens (including phenoxy) is 2. The summed E-state index contributed by atoms with van der Waals surface area (Å²) >= 11 is 3.39. The summed E-state index contributed by atoms with van der Waals surface area (Å²) in [5.41, 5.74) is 2.80. The zero-order chi connectivity index (χ0) is 13.5. The van der Waals surface area contributed by atoms with Gasteiger partial charge in [0, 0.05) is 0 Å². The van der Waals surface area contributed by atoms with Crippen LogP contribution in [-0.4, -0.2) is 19.2 Å². The van der Waals surface area contributed by atoms with Crippen LogP contribution in [-0.2, 0) is 11.2 Å². The summed E-state index contributed by atoms with van der Waals surface area (Å²) in [7, 11) is 0. The monoisotopic (exact) mass is 294 g/mol. The van der Waals surface area contributed by atoms with E-state index in [1.54, 1.807) is 6.07 Å². The number of hydrogen-bond donors (Lipinski definition) is 0. The van der Waals surface area contributed by atoms with Crippen LogP contribution in [0, 0.1) is 6.92 Å². The minimum Gasteiger partial charge on any atom is -0.769 e. The second kappa shape index (κ2) is 9.61. The number of carbonyl (C=O) groups is 1. The van der Waals surface area contributed by atoms with Gasteiger partial charge in [0.1, 0.15) is 5.75 Å². The van der Waals surface area contributed by atoms with E-state index in [1.165, 1.54) is 0 Å². The second-order valence-corrected chi connectivity index (χ2v) is 3.89. The number of carbonyl (C=O) groups excluding carboxylic acids is 1. The van der Waals surface area contributed by atoms with E-state index in [0.29, 0.717) is 12.2 Å². The van der Waals surface area contributed by atoms with Crippen molar-refractivity contribution in [2.75, 3.05) is 13.2 Å². The van der Waals surface area contributed by atoms with E-state index in [-0.39, 0.29) is 35.5 Å². The largest absolute Gasteiger partial charge is 1.00 e. The van der Waals surface area contributed by atoms with E-state index in [1.807, 2.05) is 19.9 Å². The van der Waals surface area contributed by atoms with Crippen LogP contribution in [0.15, 0.2) is 12.1 Å².